The number of carbonyl (C=O) groups excluding carboxylic acids is 2. The van der Waals surface area contributed by atoms with Crippen LogP contribution >= 0.6 is 0 Å². The maximum atomic E-state index is 12.8. The van der Waals surface area contributed by atoms with Crippen LogP contribution in [0.3, 0.4) is 0 Å². The van der Waals surface area contributed by atoms with Gasteiger partial charge in [0.2, 0.25) is 11.7 Å². The van der Waals surface area contributed by atoms with Gasteiger partial charge >= 0.3 is 0 Å². The summed E-state index contributed by atoms with van der Waals surface area (Å²) >= 11 is 0. The van der Waals surface area contributed by atoms with Crippen molar-refractivity contribution in [2.45, 2.75) is 26.2 Å². The normalized spacial score (nSPS) is 14.0. The molecule has 3 aromatic rings. The monoisotopic (exact) mass is 417 g/mol. The van der Waals surface area contributed by atoms with Crippen LogP contribution in [0, 0.1) is 6.92 Å². The van der Waals surface area contributed by atoms with Gasteiger partial charge in [-0.2, -0.15) is 0 Å². The van der Waals surface area contributed by atoms with Crippen molar-refractivity contribution in [3.63, 3.8) is 0 Å². The molecule has 6 nitrogen and oxygen atoms in total. The van der Waals surface area contributed by atoms with Gasteiger partial charge in [-0.05, 0) is 25.3 Å². The van der Waals surface area contributed by atoms with Crippen molar-refractivity contribution in [3.05, 3.63) is 77.6 Å². The quantitative estimate of drug-likeness (QED) is 0.609. The highest BCUT2D eigenvalue weighted by Crippen LogP contribution is 2.21. The Kier molecular flexibility index (Phi) is 6.46. The summed E-state index contributed by atoms with van der Waals surface area (Å²) in [5, 5.41) is 4.05. The average molecular weight is 418 g/mol. The summed E-state index contributed by atoms with van der Waals surface area (Å²) in [6.45, 7) is 4.13. The lowest BCUT2D eigenvalue weighted by Gasteiger charge is -2.34. The summed E-state index contributed by atoms with van der Waals surface area (Å²) < 4.78 is 5.31. The topological polar surface area (TPSA) is 66.7 Å². The fourth-order valence-corrected chi connectivity index (χ4v) is 3.80. The fraction of sp³-hybridized carbons (Fsp3) is 0.320. The number of aryl methyl sites for hydroxylation is 2. The largest absolute Gasteiger partial charge is 0.350 e. The van der Waals surface area contributed by atoms with Gasteiger partial charge in [0.25, 0.3) is 5.91 Å². The van der Waals surface area contributed by atoms with Gasteiger partial charge < -0.3 is 14.3 Å². The Labute approximate surface area is 182 Å². The Balaban J connectivity index is 1.26. The molecule has 0 aliphatic carbocycles. The number of benzene rings is 2. The van der Waals surface area contributed by atoms with Crippen molar-refractivity contribution in [2.24, 2.45) is 0 Å². The highest BCUT2D eigenvalue weighted by molar-refractivity contribution is 5.92. The Morgan fingerprint density at radius 3 is 2.32 bits per heavy atom. The zero-order valence-corrected chi connectivity index (χ0v) is 17.8. The summed E-state index contributed by atoms with van der Waals surface area (Å²) in [5.74, 6) is 0.213. The van der Waals surface area contributed by atoms with Crippen molar-refractivity contribution >= 4 is 11.8 Å². The van der Waals surface area contributed by atoms with Gasteiger partial charge in [0.15, 0.2) is 0 Å². The molecule has 0 atom stereocenters. The van der Waals surface area contributed by atoms with Crippen LogP contribution in [0.1, 0.15) is 34.5 Å². The third-order valence-corrected chi connectivity index (χ3v) is 5.69. The molecule has 160 valence electrons. The fourth-order valence-electron chi connectivity index (χ4n) is 3.80. The smallest absolute Gasteiger partial charge is 0.292 e. The Morgan fingerprint density at radius 1 is 0.935 bits per heavy atom. The van der Waals surface area contributed by atoms with Gasteiger partial charge in [-0.1, -0.05) is 65.3 Å². The van der Waals surface area contributed by atoms with Crippen molar-refractivity contribution in [3.8, 4) is 11.3 Å². The van der Waals surface area contributed by atoms with Crippen LogP contribution in [0.15, 0.2) is 65.2 Å². The second-order valence-electron chi connectivity index (χ2n) is 7.95. The first-order chi connectivity index (χ1) is 15.1. The molecule has 1 fully saturated rings. The van der Waals surface area contributed by atoms with Crippen LogP contribution in [0.2, 0.25) is 0 Å². The van der Waals surface area contributed by atoms with Crippen molar-refractivity contribution in [2.75, 3.05) is 26.2 Å². The minimum atomic E-state index is -0.179. The van der Waals surface area contributed by atoms with Crippen molar-refractivity contribution < 1.29 is 14.1 Å². The Morgan fingerprint density at radius 2 is 1.61 bits per heavy atom. The van der Waals surface area contributed by atoms with Crippen LogP contribution in [-0.2, 0) is 11.2 Å². The molecule has 2 amide bonds. The molecule has 1 aromatic heterocycles. The van der Waals surface area contributed by atoms with E-state index in [2.05, 4.69) is 17.3 Å². The first kappa shape index (κ1) is 20.8. The van der Waals surface area contributed by atoms with E-state index in [1.807, 2.05) is 54.3 Å². The van der Waals surface area contributed by atoms with Crippen molar-refractivity contribution in [1.82, 2.24) is 15.0 Å². The molecule has 4 rings (SSSR count). The number of carbonyl (C=O) groups is 2. The highest BCUT2D eigenvalue weighted by Gasteiger charge is 2.27. The molecule has 0 bridgehead atoms. The van der Waals surface area contributed by atoms with Crippen LogP contribution < -0.4 is 0 Å². The van der Waals surface area contributed by atoms with E-state index < -0.39 is 0 Å². The van der Waals surface area contributed by atoms with E-state index in [4.69, 9.17) is 4.52 Å². The van der Waals surface area contributed by atoms with Crippen LogP contribution in [0.25, 0.3) is 11.3 Å². The minimum Gasteiger partial charge on any atom is -0.350 e. The Bertz CT molecular complexity index is 1020. The SMILES string of the molecule is Cc1ccc(-c2cc(C(=O)N3CCN(C(=O)CCCc4ccccc4)CC3)on2)cc1. The van der Waals surface area contributed by atoms with E-state index in [-0.39, 0.29) is 17.6 Å². The van der Waals surface area contributed by atoms with E-state index in [0.29, 0.717) is 38.3 Å². The molecule has 6 heteroatoms. The van der Waals surface area contributed by atoms with E-state index >= 15 is 0 Å². The van der Waals surface area contributed by atoms with Crippen LogP contribution in [0.4, 0.5) is 0 Å². The summed E-state index contributed by atoms with van der Waals surface area (Å²) in [7, 11) is 0. The van der Waals surface area contributed by atoms with E-state index in [9.17, 15) is 9.59 Å². The zero-order valence-electron chi connectivity index (χ0n) is 17.8. The van der Waals surface area contributed by atoms with Crippen LogP contribution in [0.5, 0.6) is 0 Å². The molecule has 1 saturated heterocycles. The number of piperazine rings is 1. The maximum absolute atomic E-state index is 12.8. The average Bonchev–Trinajstić information content (AvgIpc) is 3.30. The lowest BCUT2D eigenvalue weighted by molar-refractivity contribution is -0.132. The highest BCUT2D eigenvalue weighted by atomic mass is 16.5. The van der Waals surface area contributed by atoms with Gasteiger partial charge in [0.1, 0.15) is 5.69 Å². The van der Waals surface area contributed by atoms with Crippen LogP contribution in [-0.4, -0.2) is 52.9 Å². The lowest BCUT2D eigenvalue weighted by Crippen LogP contribution is -2.50. The summed E-state index contributed by atoms with van der Waals surface area (Å²) in [6, 6.07) is 19.8. The maximum Gasteiger partial charge on any atom is 0.292 e. The van der Waals surface area contributed by atoms with Gasteiger partial charge in [-0.25, -0.2) is 0 Å². The molecule has 0 radical (unpaired) electrons. The second kappa shape index (κ2) is 9.60. The predicted molar refractivity (Wildman–Crippen MR) is 119 cm³/mol. The number of rotatable bonds is 6. The molecular weight excluding hydrogens is 390 g/mol. The van der Waals surface area contributed by atoms with E-state index in [1.165, 1.54) is 5.56 Å². The third-order valence-electron chi connectivity index (χ3n) is 5.69. The van der Waals surface area contributed by atoms with Gasteiger partial charge in [0.05, 0.1) is 0 Å². The first-order valence-corrected chi connectivity index (χ1v) is 10.7. The molecule has 1 aliphatic heterocycles. The first-order valence-electron chi connectivity index (χ1n) is 10.7. The number of amides is 2. The number of hydrogen-bond donors (Lipinski definition) is 0. The Hall–Kier alpha value is -3.41. The molecule has 0 spiro atoms. The second-order valence-corrected chi connectivity index (χ2v) is 7.95. The number of hydrogen-bond acceptors (Lipinski definition) is 4. The molecular formula is C25H27N3O3. The van der Waals surface area contributed by atoms with Gasteiger partial charge in [0, 0.05) is 44.2 Å². The molecule has 0 saturated carbocycles. The van der Waals surface area contributed by atoms with E-state index in [0.717, 1.165) is 24.0 Å². The molecule has 0 unspecified atom stereocenters. The van der Waals surface area contributed by atoms with Crippen molar-refractivity contribution in [1.29, 1.82) is 0 Å². The minimum absolute atomic E-state index is 0.157. The summed E-state index contributed by atoms with van der Waals surface area (Å²) in [5.41, 5.74) is 3.98. The van der Waals surface area contributed by atoms with Gasteiger partial charge in [-0.3, -0.25) is 9.59 Å². The lowest BCUT2D eigenvalue weighted by atomic mass is 10.1. The summed E-state index contributed by atoms with van der Waals surface area (Å²) in [4.78, 5) is 28.9. The zero-order chi connectivity index (χ0) is 21.6. The predicted octanol–water partition coefficient (Wildman–Crippen LogP) is 3.96. The standard InChI is InChI=1S/C25H27N3O3/c1-19-10-12-21(13-11-19)22-18-23(31-26-22)25(30)28-16-14-27(15-17-28)24(29)9-5-8-20-6-3-2-4-7-20/h2-4,6-7,10-13,18H,5,8-9,14-17H2,1H3. The van der Waals surface area contributed by atoms with Gasteiger partial charge in [-0.15, -0.1) is 0 Å². The molecule has 0 N–H and O–H groups in total. The molecule has 2 heterocycles. The summed E-state index contributed by atoms with van der Waals surface area (Å²) in [6.07, 6.45) is 2.27. The third kappa shape index (κ3) is 5.20. The molecule has 1 aliphatic rings. The number of nitrogens with zero attached hydrogens (tertiary/aromatic N) is 3. The molecule has 2 aromatic carbocycles. The van der Waals surface area contributed by atoms with E-state index in [1.54, 1.807) is 11.0 Å². The number of aromatic nitrogens is 1. The molecule has 31 heavy (non-hydrogen) atoms.